The molecule has 0 aliphatic rings. The van der Waals surface area contributed by atoms with Gasteiger partial charge in [-0.2, -0.15) is 0 Å². The van der Waals surface area contributed by atoms with Crippen LogP contribution in [-0.4, -0.2) is 21.1 Å². The molecule has 114 valence electrons. The van der Waals surface area contributed by atoms with Gasteiger partial charge in [0.2, 0.25) is 10.0 Å². The maximum atomic E-state index is 12.4. The first-order chi connectivity index (χ1) is 9.77. The van der Waals surface area contributed by atoms with Gasteiger partial charge in [0.15, 0.2) is 0 Å². The van der Waals surface area contributed by atoms with Crippen LogP contribution >= 0.6 is 0 Å². The van der Waals surface area contributed by atoms with Crippen LogP contribution in [0.5, 0.6) is 5.75 Å². The molecule has 1 N–H and O–H groups in total. The van der Waals surface area contributed by atoms with E-state index in [1.165, 1.54) is 0 Å². The first kappa shape index (κ1) is 15.8. The Morgan fingerprint density at radius 3 is 2.33 bits per heavy atom. The maximum absolute atomic E-state index is 12.4. The largest absolute Gasteiger partial charge is 0.497 e. The fraction of sp³-hybridized carbons (Fsp3) is 0.375. The van der Waals surface area contributed by atoms with Gasteiger partial charge in [0.05, 0.1) is 12.0 Å². The second-order valence-electron chi connectivity index (χ2n) is 5.72. The van der Waals surface area contributed by atoms with Crippen LogP contribution < -0.4 is 9.46 Å². The van der Waals surface area contributed by atoms with Gasteiger partial charge in [0.1, 0.15) is 5.75 Å². The van der Waals surface area contributed by atoms with Crippen LogP contribution in [0.4, 0.5) is 0 Å². The number of hydrogen-bond acceptors (Lipinski definition) is 3. The van der Waals surface area contributed by atoms with Crippen LogP contribution in [0.2, 0.25) is 0 Å². The van der Waals surface area contributed by atoms with Crippen molar-refractivity contribution in [1.29, 1.82) is 0 Å². The lowest BCUT2D eigenvalue weighted by molar-refractivity contribution is 0.415. The average Bonchev–Trinajstić information content (AvgIpc) is 2.45. The third-order valence-electron chi connectivity index (χ3n) is 3.62. The second kappa shape index (κ2) is 5.66. The summed E-state index contributed by atoms with van der Waals surface area (Å²) in [6, 6.07) is 10.7. The molecule has 0 unspecified atom stereocenters. The van der Waals surface area contributed by atoms with Crippen molar-refractivity contribution in [2.45, 2.75) is 37.6 Å². The number of sulfonamides is 1. The zero-order valence-electron chi connectivity index (χ0n) is 12.8. The fourth-order valence-electron chi connectivity index (χ4n) is 1.99. The molecule has 0 atom stereocenters. The molecule has 0 radical (unpaired) electrons. The van der Waals surface area contributed by atoms with E-state index in [2.05, 4.69) is 4.72 Å². The average molecular weight is 307 g/mol. The lowest BCUT2D eigenvalue weighted by Gasteiger charge is -2.24. The third-order valence-corrected chi connectivity index (χ3v) is 5.32. The van der Waals surface area contributed by atoms with Gasteiger partial charge in [-0.15, -0.1) is 0 Å². The Morgan fingerprint density at radius 2 is 1.71 bits per heavy atom. The lowest BCUT2D eigenvalue weighted by Crippen LogP contribution is -2.42. The number of methoxy groups -OCH3 is 1. The molecule has 21 heavy (non-hydrogen) atoms. The van der Waals surface area contributed by atoms with Gasteiger partial charge < -0.3 is 4.74 Å². The summed E-state index contributed by atoms with van der Waals surface area (Å²) in [5.74, 6) is 0.753. The van der Waals surface area contributed by atoms with Crippen LogP contribution in [0.15, 0.2) is 41.3 Å². The SMILES string of the molecule is CCC(C)(C)NS(=O)(=O)c1ccc2cc(OC)ccc2c1. The Labute approximate surface area is 126 Å². The van der Waals surface area contributed by atoms with Gasteiger partial charge in [0.25, 0.3) is 0 Å². The van der Waals surface area contributed by atoms with Crippen molar-refractivity contribution in [2.75, 3.05) is 7.11 Å². The minimum atomic E-state index is -3.52. The number of hydrogen-bond donors (Lipinski definition) is 1. The molecule has 0 aromatic heterocycles. The Balaban J connectivity index is 2.43. The molecule has 0 spiro atoms. The molecule has 2 aromatic rings. The van der Waals surface area contributed by atoms with Gasteiger partial charge >= 0.3 is 0 Å². The van der Waals surface area contributed by atoms with Crippen molar-refractivity contribution in [1.82, 2.24) is 4.72 Å². The first-order valence-electron chi connectivity index (χ1n) is 6.89. The maximum Gasteiger partial charge on any atom is 0.241 e. The van der Waals surface area contributed by atoms with Crippen LogP contribution in [0.3, 0.4) is 0 Å². The molecule has 4 nitrogen and oxygen atoms in total. The molecule has 0 aliphatic carbocycles. The summed E-state index contributed by atoms with van der Waals surface area (Å²) >= 11 is 0. The van der Waals surface area contributed by atoms with Crippen LogP contribution in [-0.2, 0) is 10.0 Å². The third kappa shape index (κ3) is 3.54. The standard InChI is InChI=1S/C16H21NO3S/c1-5-16(2,3)17-21(18,19)15-9-7-12-10-14(20-4)8-6-13(12)11-15/h6-11,17H,5H2,1-4H3. The van der Waals surface area contributed by atoms with Gasteiger partial charge in [-0.05, 0) is 55.3 Å². The van der Waals surface area contributed by atoms with Crippen molar-refractivity contribution in [3.63, 3.8) is 0 Å². The van der Waals surface area contributed by atoms with E-state index in [1.54, 1.807) is 25.3 Å². The number of rotatable bonds is 5. The molecule has 0 aliphatic heterocycles. The number of ether oxygens (including phenoxy) is 1. The highest BCUT2D eigenvalue weighted by Crippen LogP contribution is 2.24. The van der Waals surface area contributed by atoms with Gasteiger partial charge in [-0.25, -0.2) is 13.1 Å². The predicted octanol–water partition coefficient (Wildman–Crippen LogP) is 3.32. The van der Waals surface area contributed by atoms with E-state index in [0.717, 1.165) is 22.9 Å². The summed E-state index contributed by atoms with van der Waals surface area (Å²) < 4.78 is 32.8. The second-order valence-corrected chi connectivity index (χ2v) is 7.40. The van der Waals surface area contributed by atoms with Gasteiger partial charge in [-0.3, -0.25) is 0 Å². The highest BCUT2D eigenvalue weighted by Gasteiger charge is 2.24. The van der Waals surface area contributed by atoms with Gasteiger partial charge in [0, 0.05) is 5.54 Å². The summed E-state index contributed by atoms with van der Waals surface area (Å²) in [7, 11) is -1.91. The minimum absolute atomic E-state index is 0.279. The van der Waals surface area contributed by atoms with E-state index in [0.29, 0.717) is 0 Å². The molecule has 0 saturated heterocycles. The first-order valence-corrected chi connectivity index (χ1v) is 8.37. The molecule has 2 rings (SSSR count). The van der Waals surface area contributed by atoms with Crippen molar-refractivity contribution in [2.24, 2.45) is 0 Å². The molecule has 0 saturated carbocycles. The van der Waals surface area contributed by atoms with E-state index in [1.807, 2.05) is 39.0 Å². The summed E-state index contributed by atoms with van der Waals surface area (Å²) in [5.41, 5.74) is -0.465. The van der Waals surface area contributed by atoms with E-state index in [4.69, 9.17) is 4.74 Å². The minimum Gasteiger partial charge on any atom is -0.497 e. The quantitative estimate of drug-likeness (QED) is 0.922. The smallest absolute Gasteiger partial charge is 0.241 e. The summed E-state index contributed by atoms with van der Waals surface area (Å²) in [5, 5.41) is 1.82. The zero-order valence-corrected chi connectivity index (χ0v) is 13.6. The highest BCUT2D eigenvalue weighted by molar-refractivity contribution is 7.89. The van der Waals surface area contributed by atoms with E-state index >= 15 is 0 Å². The molecular formula is C16H21NO3S. The van der Waals surface area contributed by atoms with Crippen LogP contribution in [0.25, 0.3) is 10.8 Å². The van der Waals surface area contributed by atoms with Gasteiger partial charge in [-0.1, -0.05) is 19.1 Å². The molecule has 0 fully saturated rings. The van der Waals surface area contributed by atoms with Crippen molar-refractivity contribution < 1.29 is 13.2 Å². The summed E-state index contributed by atoms with van der Waals surface area (Å²) in [6.07, 6.45) is 0.719. The number of fused-ring (bicyclic) bond motifs is 1. The van der Waals surface area contributed by atoms with E-state index in [-0.39, 0.29) is 4.90 Å². The fourth-order valence-corrected chi connectivity index (χ4v) is 3.51. The van der Waals surface area contributed by atoms with Crippen LogP contribution in [0.1, 0.15) is 27.2 Å². The predicted molar refractivity (Wildman–Crippen MR) is 85.2 cm³/mol. The molecule has 2 aromatic carbocycles. The molecule has 0 amide bonds. The number of benzene rings is 2. The van der Waals surface area contributed by atoms with Crippen molar-refractivity contribution in [3.05, 3.63) is 36.4 Å². The van der Waals surface area contributed by atoms with E-state index < -0.39 is 15.6 Å². The lowest BCUT2D eigenvalue weighted by atomic mass is 10.0. The molecule has 5 heteroatoms. The topological polar surface area (TPSA) is 55.4 Å². The zero-order chi connectivity index (χ0) is 15.7. The molecular weight excluding hydrogens is 286 g/mol. The Morgan fingerprint density at radius 1 is 1.10 bits per heavy atom. The Hall–Kier alpha value is -1.59. The van der Waals surface area contributed by atoms with Crippen molar-refractivity contribution in [3.8, 4) is 5.75 Å². The summed E-state index contributed by atoms with van der Waals surface area (Å²) in [6.45, 7) is 5.70. The van der Waals surface area contributed by atoms with E-state index in [9.17, 15) is 8.42 Å². The highest BCUT2D eigenvalue weighted by atomic mass is 32.2. The normalized spacial score (nSPS) is 12.6. The molecule has 0 heterocycles. The van der Waals surface area contributed by atoms with Crippen LogP contribution in [0, 0.1) is 0 Å². The number of nitrogens with one attached hydrogen (secondary N) is 1. The molecule has 0 bridgehead atoms. The summed E-state index contributed by atoms with van der Waals surface area (Å²) in [4.78, 5) is 0.279. The Kier molecular flexibility index (Phi) is 4.25. The van der Waals surface area contributed by atoms with Crippen molar-refractivity contribution >= 4 is 20.8 Å². The Bertz CT molecular complexity index is 751. The monoisotopic (exact) mass is 307 g/mol.